The number of aryl methyl sites for hydroxylation is 1. The van der Waals surface area contributed by atoms with Crippen LogP contribution in [0.1, 0.15) is 25.3 Å². The molecule has 0 aliphatic heterocycles. The molecular weight excluding hydrogens is 252 g/mol. The Morgan fingerprint density at radius 3 is 2.40 bits per heavy atom. The molecular formula is C16H18N2O2. The van der Waals surface area contributed by atoms with E-state index in [1.165, 1.54) is 0 Å². The fourth-order valence-corrected chi connectivity index (χ4v) is 1.96. The Morgan fingerprint density at radius 1 is 1.15 bits per heavy atom. The highest BCUT2D eigenvalue weighted by molar-refractivity contribution is 5.41. The van der Waals surface area contributed by atoms with Gasteiger partial charge in [0, 0.05) is 0 Å². The zero-order valence-corrected chi connectivity index (χ0v) is 12.1. The molecule has 1 rings (SSSR count). The molecule has 0 fully saturated rings. The predicted molar refractivity (Wildman–Crippen MR) is 76.4 cm³/mol. The molecule has 0 bridgehead atoms. The van der Waals surface area contributed by atoms with Crippen LogP contribution in [-0.2, 0) is 6.42 Å². The molecule has 0 spiro atoms. The Morgan fingerprint density at radius 2 is 1.85 bits per heavy atom. The van der Waals surface area contributed by atoms with Crippen molar-refractivity contribution < 1.29 is 9.47 Å². The Labute approximate surface area is 119 Å². The summed E-state index contributed by atoms with van der Waals surface area (Å²) in [5.41, 5.74) is 2.11. The van der Waals surface area contributed by atoms with Crippen molar-refractivity contribution in [3.8, 4) is 23.6 Å². The lowest BCUT2D eigenvalue weighted by Gasteiger charge is -2.10. The second-order valence-corrected chi connectivity index (χ2v) is 4.41. The first-order valence-electron chi connectivity index (χ1n) is 6.37. The standard InChI is InChI=1S/C16H18N2O2/c1-12(14(10-17)11-18)5-4-6-13-9-15(19-2)7-8-16(13)20-3/h7-9H,4-6H2,1-3H3. The molecule has 0 aliphatic rings. The molecule has 0 unspecified atom stereocenters. The zero-order chi connectivity index (χ0) is 15.0. The van der Waals surface area contributed by atoms with Gasteiger partial charge in [0.05, 0.1) is 14.2 Å². The van der Waals surface area contributed by atoms with Crippen molar-refractivity contribution in [3.63, 3.8) is 0 Å². The number of benzene rings is 1. The van der Waals surface area contributed by atoms with E-state index >= 15 is 0 Å². The lowest BCUT2D eigenvalue weighted by atomic mass is 10.0. The van der Waals surface area contributed by atoms with E-state index in [0.29, 0.717) is 0 Å². The normalized spacial score (nSPS) is 9.25. The number of nitrogens with zero attached hydrogens (tertiary/aromatic N) is 2. The third-order valence-electron chi connectivity index (χ3n) is 3.14. The van der Waals surface area contributed by atoms with Crippen LogP contribution in [-0.4, -0.2) is 14.2 Å². The number of nitriles is 2. The summed E-state index contributed by atoms with van der Waals surface area (Å²) in [4.78, 5) is 0. The molecule has 0 saturated heterocycles. The van der Waals surface area contributed by atoms with Gasteiger partial charge in [-0.1, -0.05) is 0 Å². The molecule has 1 aromatic carbocycles. The van der Waals surface area contributed by atoms with E-state index in [1.807, 2.05) is 37.3 Å². The number of ether oxygens (including phenoxy) is 2. The number of rotatable bonds is 6. The Balaban J connectivity index is 2.74. The van der Waals surface area contributed by atoms with E-state index in [2.05, 4.69) is 0 Å². The van der Waals surface area contributed by atoms with Crippen LogP contribution in [0, 0.1) is 22.7 Å². The van der Waals surface area contributed by atoms with Gasteiger partial charge in [-0.25, -0.2) is 0 Å². The van der Waals surface area contributed by atoms with Gasteiger partial charge >= 0.3 is 0 Å². The van der Waals surface area contributed by atoms with Gasteiger partial charge in [-0.3, -0.25) is 0 Å². The van der Waals surface area contributed by atoms with Gasteiger partial charge in [-0.2, -0.15) is 10.5 Å². The first kappa shape index (κ1) is 15.6. The summed E-state index contributed by atoms with van der Waals surface area (Å²) in [6.45, 7) is 1.82. The van der Waals surface area contributed by atoms with E-state index in [9.17, 15) is 0 Å². The molecule has 0 atom stereocenters. The van der Waals surface area contributed by atoms with Crippen molar-refractivity contribution in [3.05, 3.63) is 34.9 Å². The van der Waals surface area contributed by atoms with Crippen LogP contribution in [0.4, 0.5) is 0 Å². The van der Waals surface area contributed by atoms with E-state index in [1.54, 1.807) is 14.2 Å². The number of allylic oxidation sites excluding steroid dienone is 2. The highest BCUT2D eigenvalue weighted by Gasteiger charge is 2.06. The third kappa shape index (κ3) is 4.03. The molecule has 4 heteroatoms. The monoisotopic (exact) mass is 270 g/mol. The van der Waals surface area contributed by atoms with Crippen molar-refractivity contribution in [2.24, 2.45) is 0 Å². The van der Waals surface area contributed by atoms with E-state index < -0.39 is 0 Å². The Bertz CT molecular complexity index is 561. The van der Waals surface area contributed by atoms with Gasteiger partial charge in [0.15, 0.2) is 0 Å². The minimum atomic E-state index is 0.211. The maximum atomic E-state index is 8.80. The summed E-state index contributed by atoms with van der Waals surface area (Å²) in [5.74, 6) is 1.62. The molecule has 104 valence electrons. The van der Waals surface area contributed by atoms with Crippen molar-refractivity contribution in [1.82, 2.24) is 0 Å². The maximum absolute atomic E-state index is 8.80. The van der Waals surface area contributed by atoms with Crippen molar-refractivity contribution >= 4 is 0 Å². The second-order valence-electron chi connectivity index (χ2n) is 4.41. The van der Waals surface area contributed by atoms with Gasteiger partial charge < -0.3 is 9.47 Å². The highest BCUT2D eigenvalue weighted by atomic mass is 16.5. The zero-order valence-electron chi connectivity index (χ0n) is 12.1. The minimum Gasteiger partial charge on any atom is -0.497 e. The molecule has 4 nitrogen and oxygen atoms in total. The molecule has 0 heterocycles. The van der Waals surface area contributed by atoms with Gasteiger partial charge in [0.2, 0.25) is 0 Å². The molecule has 1 aromatic rings. The number of hydrogen-bond acceptors (Lipinski definition) is 4. The molecule has 0 aliphatic carbocycles. The summed E-state index contributed by atoms with van der Waals surface area (Å²) in [6.07, 6.45) is 2.38. The van der Waals surface area contributed by atoms with Gasteiger partial charge in [-0.15, -0.1) is 0 Å². The summed E-state index contributed by atoms with van der Waals surface area (Å²) in [6, 6.07) is 9.52. The minimum absolute atomic E-state index is 0.211. The largest absolute Gasteiger partial charge is 0.497 e. The Hall–Kier alpha value is -2.46. The SMILES string of the molecule is COc1ccc(OC)c(CCCC(C)=C(C#N)C#N)c1. The number of methoxy groups -OCH3 is 2. The topological polar surface area (TPSA) is 66.0 Å². The molecule has 0 N–H and O–H groups in total. The van der Waals surface area contributed by atoms with Gasteiger partial charge in [-0.05, 0) is 55.5 Å². The van der Waals surface area contributed by atoms with Crippen LogP contribution in [0.3, 0.4) is 0 Å². The first-order valence-corrected chi connectivity index (χ1v) is 6.37. The van der Waals surface area contributed by atoms with Crippen LogP contribution < -0.4 is 9.47 Å². The van der Waals surface area contributed by atoms with Crippen LogP contribution in [0.25, 0.3) is 0 Å². The van der Waals surface area contributed by atoms with Crippen LogP contribution in [0.2, 0.25) is 0 Å². The summed E-state index contributed by atoms with van der Waals surface area (Å²) >= 11 is 0. The quantitative estimate of drug-likeness (QED) is 0.743. The van der Waals surface area contributed by atoms with E-state index in [0.717, 1.165) is 41.9 Å². The first-order chi connectivity index (χ1) is 9.65. The van der Waals surface area contributed by atoms with Crippen LogP contribution in [0.5, 0.6) is 11.5 Å². The smallest absolute Gasteiger partial charge is 0.128 e. The molecule has 0 radical (unpaired) electrons. The second kappa shape index (κ2) is 7.86. The number of hydrogen-bond donors (Lipinski definition) is 0. The van der Waals surface area contributed by atoms with Crippen LogP contribution >= 0.6 is 0 Å². The third-order valence-corrected chi connectivity index (χ3v) is 3.14. The van der Waals surface area contributed by atoms with E-state index in [-0.39, 0.29) is 5.57 Å². The van der Waals surface area contributed by atoms with Crippen molar-refractivity contribution in [2.75, 3.05) is 14.2 Å². The lowest BCUT2D eigenvalue weighted by Crippen LogP contribution is -1.95. The molecule has 0 saturated carbocycles. The highest BCUT2D eigenvalue weighted by Crippen LogP contribution is 2.26. The van der Waals surface area contributed by atoms with Crippen molar-refractivity contribution in [1.29, 1.82) is 10.5 Å². The summed E-state index contributed by atoms with van der Waals surface area (Å²) in [5, 5.41) is 17.6. The maximum Gasteiger partial charge on any atom is 0.128 e. The van der Waals surface area contributed by atoms with E-state index in [4.69, 9.17) is 20.0 Å². The molecule has 0 amide bonds. The van der Waals surface area contributed by atoms with Gasteiger partial charge in [0.25, 0.3) is 0 Å². The molecule has 20 heavy (non-hydrogen) atoms. The predicted octanol–water partition coefficient (Wildman–Crippen LogP) is 3.39. The summed E-state index contributed by atoms with van der Waals surface area (Å²) < 4.78 is 10.5. The summed E-state index contributed by atoms with van der Waals surface area (Å²) in [7, 11) is 3.27. The fraction of sp³-hybridized carbons (Fsp3) is 0.375. The lowest BCUT2D eigenvalue weighted by molar-refractivity contribution is 0.398. The Kier molecular flexibility index (Phi) is 6.13. The van der Waals surface area contributed by atoms with Gasteiger partial charge in [0.1, 0.15) is 29.2 Å². The average molecular weight is 270 g/mol. The fourth-order valence-electron chi connectivity index (χ4n) is 1.96. The average Bonchev–Trinajstić information content (AvgIpc) is 2.48. The van der Waals surface area contributed by atoms with Crippen LogP contribution in [0.15, 0.2) is 29.3 Å². The molecule has 0 aromatic heterocycles. The van der Waals surface area contributed by atoms with Crippen molar-refractivity contribution in [2.45, 2.75) is 26.2 Å².